The summed E-state index contributed by atoms with van der Waals surface area (Å²) in [7, 11) is 0. The molecule has 0 bridgehead atoms. The van der Waals surface area contributed by atoms with E-state index in [1.807, 2.05) is 18.2 Å². The molecule has 0 saturated heterocycles. The molecular weight excluding hydrogens is 323 g/mol. The maximum absolute atomic E-state index is 6.33. The van der Waals surface area contributed by atoms with Crippen molar-refractivity contribution in [3.05, 3.63) is 38.8 Å². The summed E-state index contributed by atoms with van der Waals surface area (Å²) in [5.41, 5.74) is 2.17. The van der Waals surface area contributed by atoms with E-state index in [4.69, 9.17) is 28.2 Å². The van der Waals surface area contributed by atoms with Gasteiger partial charge in [0.15, 0.2) is 0 Å². The van der Waals surface area contributed by atoms with E-state index >= 15 is 0 Å². The molecule has 2 aromatic rings. The SMILES string of the molecule is CCCNC1CCCc2nc(-c3cccc(Cl)c3Cl)sc21. The molecule has 2 nitrogen and oxygen atoms in total. The summed E-state index contributed by atoms with van der Waals surface area (Å²) < 4.78 is 0. The molecule has 0 amide bonds. The van der Waals surface area contributed by atoms with Crippen molar-refractivity contribution in [3.8, 4) is 10.6 Å². The zero-order valence-electron chi connectivity index (χ0n) is 12.0. The standard InChI is InChI=1S/C16H18Cl2N2S/c1-2-9-19-12-7-4-8-13-15(12)21-16(20-13)10-5-3-6-11(17)14(10)18/h3,5-6,12,19H,2,4,7-9H2,1H3. The normalized spacial score (nSPS) is 17.8. The molecule has 0 aliphatic heterocycles. The van der Waals surface area contributed by atoms with E-state index in [1.165, 1.54) is 23.4 Å². The number of hydrogen-bond donors (Lipinski definition) is 1. The first-order valence-electron chi connectivity index (χ1n) is 7.38. The predicted octanol–water partition coefficient (Wildman–Crippen LogP) is 5.49. The molecule has 0 spiro atoms. The molecule has 1 N–H and O–H groups in total. The van der Waals surface area contributed by atoms with E-state index in [9.17, 15) is 0 Å². The third-order valence-electron chi connectivity index (χ3n) is 3.77. The summed E-state index contributed by atoms with van der Waals surface area (Å²) in [5.74, 6) is 0. The van der Waals surface area contributed by atoms with E-state index in [0.29, 0.717) is 16.1 Å². The smallest absolute Gasteiger partial charge is 0.125 e. The van der Waals surface area contributed by atoms with Gasteiger partial charge in [-0.3, -0.25) is 0 Å². The van der Waals surface area contributed by atoms with Gasteiger partial charge in [-0.2, -0.15) is 0 Å². The first kappa shape index (κ1) is 15.3. The molecule has 1 aromatic carbocycles. The van der Waals surface area contributed by atoms with Gasteiger partial charge in [0.25, 0.3) is 0 Å². The molecule has 1 unspecified atom stereocenters. The number of hydrogen-bond acceptors (Lipinski definition) is 3. The van der Waals surface area contributed by atoms with Gasteiger partial charge in [-0.15, -0.1) is 11.3 Å². The molecule has 0 radical (unpaired) electrons. The molecule has 0 saturated carbocycles. The monoisotopic (exact) mass is 340 g/mol. The Hall–Kier alpha value is -0.610. The van der Waals surface area contributed by atoms with Crippen LogP contribution in [0.1, 0.15) is 42.8 Å². The van der Waals surface area contributed by atoms with Crippen molar-refractivity contribution < 1.29 is 0 Å². The average molecular weight is 341 g/mol. The summed E-state index contributed by atoms with van der Waals surface area (Å²) in [6, 6.07) is 6.17. The van der Waals surface area contributed by atoms with Crippen LogP contribution in [0.4, 0.5) is 0 Å². The Kier molecular flexibility index (Phi) is 4.85. The van der Waals surface area contributed by atoms with Crippen LogP contribution < -0.4 is 5.32 Å². The fourth-order valence-electron chi connectivity index (χ4n) is 2.72. The van der Waals surface area contributed by atoms with Gasteiger partial charge in [-0.25, -0.2) is 4.98 Å². The van der Waals surface area contributed by atoms with E-state index in [1.54, 1.807) is 11.3 Å². The Bertz CT molecular complexity index is 639. The quantitative estimate of drug-likeness (QED) is 0.795. The number of aryl methyl sites for hydroxylation is 1. The molecule has 5 heteroatoms. The van der Waals surface area contributed by atoms with Crippen molar-refractivity contribution in [2.75, 3.05) is 6.54 Å². The number of fused-ring (bicyclic) bond motifs is 1. The maximum Gasteiger partial charge on any atom is 0.125 e. The summed E-state index contributed by atoms with van der Waals surface area (Å²) in [6.07, 6.45) is 4.60. The van der Waals surface area contributed by atoms with Gasteiger partial charge < -0.3 is 5.32 Å². The van der Waals surface area contributed by atoms with Crippen LogP contribution in [0.2, 0.25) is 10.0 Å². The second kappa shape index (κ2) is 6.66. The molecule has 1 aliphatic rings. The number of nitrogens with zero attached hydrogens (tertiary/aromatic N) is 1. The summed E-state index contributed by atoms with van der Waals surface area (Å²) in [4.78, 5) is 6.19. The van der Waals surface area contributed by atoms with E-state index in [0.717, 1.165) is 30.0 Å². The third-order valence-corrected chi connectivity index (χ3v) is 5.84. The Morgan fingerprint density at radius 1 is 1.38 bits per heavy atom. The van der Waals surface area contributed by atoms with Gasteiger partial charge in [0.1, 0.15) is 5.01 Å². The van der Waals surface area contributed by atoms with Gasteiger partial charge in [0, 0.05) is 16.5 Å². The van der Waals surface area contributed by atoms with Crippen LogP contribution >= 0.6 is 34.5 Å². The molecule has 3 rings (SSSR count). The Labute approximate surface area is 139 Å². The first-order valence-corrected chi connectivity index (χ1v) is 8.95. The minimum absolute atomic E-state index is 0.443. The second-order valence-electron chi connectivity index (χ2n) is 5.33. The van der Waals surface area contributed by atoms with Gasteiger partial charge in [0.05, 0.1) is 15.7 Å². The van der Waals surface area contributed by atoms with Crippen LogP contribution in [0.3, 0.4) is 0 Å². The van der Waals surface area contributed by atoms with Crippen LogP contribution in [0.5, 0.6) is 0 Å². The topological polar surface area (TPSA) is 24.9 Å². The number of rotatable bonds is 4. The van der Waals surface area contributed by atoms with Crippen LogP contribution in [0, 0.1) is 0 Å². The van der Waals surface area contributed by atoms with Crippen molar-refractivity contribution in [1.82, 2.24) is 10.3 Å². The Balaban J connectivity index is 1.96. The van der Waals surface area contributed by atoms with E-state index < -0.39 is 0 Å². The third kappa shape index (κ3) is 3.11. The zero-order valence-corrected chi connectivity index (χ0v) is 14.3. The van der Waals surface area contributed by atoms with Crippen molar-refractivity contribution >= 4 is 34.5 Å². The zero-order chi connectivity index (χ0) is 14.8. The fraction of sp³-hybridized carbons (Fsp3) is 0.438. The minimum Gasteiger partial charge on any atom is -0.309 e. The van der Waals surface area contributed by atoms with Gasteiger partial charge in [-0.1, -0.05) is 42.3 Å². The second-order valence-corrected chi connectivity index (χ2v) is 7.15. The van der Waals surface area contributed by atoms with Crippen molar-refractivity contribution in [2.45, 2.75) is 38.6 Å². The van der Waals surface area contributed by atoms with Gasteiger partial charge >= 0.3 is 0 Å². The predicted molar refractivity (Wildman–Crippen MR) is 91.5 cm³/mol. The summed E-state index contributed by atoms with van der Waals surface area (Å²) in [5, 5.41) is 5.80. The highest BCUT2D eigenvalue weighted by Crippen LogP contribution is 2.41. The number of aromatic nitrogens is 1. The lowest BCUT2D eigenvalue weighted by atomic mass is 9.98. The summed E-state index contributed by atoms with van der Waals surface area (Å²) in [6.45, 7) is 3.25. The van der Waals surface area contributed by atoms with Crippen LogP contribution in [0.15, 0.2) is 18.2 Å². The first-order chi connectivity index (χ1) is 10.2. The number of benzene rings is 1. The molecule has 1 heterocycles. The molecule has 0 fully saturated rings. The van der Waals surface area contributed by atoms with E-state index in [-0.39, 0.29) is 0 Å². The Morgan fingerprint density at radius 3 is 3.05 bits per heavy atom. The van der Waals surface area contributed by atoms with Crippen molar-refractivity contribution in [2.24, 2.45) is 0 Å². The molecular formula is C16H18Cl2N2S. The molecule has 1 aromatic heterocycles. The van der Waals surface area contributed by atoms with Crippen LogP contribution in [-0.4, -0.2) is 11.5 Å². The molecule has 112 valence electrons. The van der Waals surface area contributed by atoms with Gasteiger partial charge in [-0.05, 0) is 38.3 Å². The van der Waals surface area contributed by atoms with Gasteiger partial charge in [0.2, 0.25) is 0 Å². The highest BCUT2D eigenvalue weighted by molar-refractivity contribution is 7.15. The lowest BCUT2D eigenvalue weighted by molar-refractivity contribution is 0.465. The van der Waals surface area contributed by atoms with Crippen molar-refractivity contribution in [1.29, 1.82) is 0 Å². The Morgan fingerprint density at radius 2 is 2.24 bits per heavy atom. The fourth-order valence-corrected chi connectivity index (χ4v) is 4.42. The van der Waals surface area contributed by atoms with Crippen LogP contribution in [0.25, 0.3) is 10.6 Å². The highest BCUT2D eigenvalue weighted by atomic mass is 35.5. The van der Waals surface area contributed by atoms with E-state index in [2.05, 4.69) is 12.2 Å². The lowest BCUT2D eigenvalue weighted by Gasteiger charge is -2.22. The molecule has 21 heavy (non-hydrogen) atoms. The molecule has 1 atom stereocenters. The number of thiazole rings is 1. The molecule has 1 aliphatic carbocycles. The maximum atomic E-state index is 6.33. The number of halogens is 2. The highest BCUT2D eigenvalue weighted by Gasteiger charge is 2.25. The summed E-state index contributed by atoms with van der Waals surface area (Å²) >= 11 is 14.2. The van der Waals surface area contributed by atoms with Crippen LogP contribution in [-0.2, 0) is 6.42 Å². The minimum atomic E-state index is 0.443. The van der Waals surface area contributed by atoms with Crippen molar-refractivity contribution in [3.63, 3.8) is 0 Å². The average Bonchev–Trinajstić information content (AvgIpc) is 2.92. The lowest BCUT2D eigenvalue weighted by Crippen LogP contribution is -2.24. The number of nitrogens with one attached hydrogen (secondary N) is 1. The largest absolute Gasteiger partial charge is 0.309 e.